The lowest BCUT2D eigenvalue weighted by Gasteiger charge is -2.26. The molecule has 4 nitrogen and oxygen atoms in total. The molecule has 2 rings (SSSR count). The van der Waals surface area contributed by atoms with E-state index in [0.29, 0.717) is 6.42 Å². The fourth-order valence-corrected chi connectivity index (χ4v) is 2.40. The molecular formula is C14H17NO3. The molecule has 1 atom stereocenters. The Morgan fingerprint density at radius 3 is 2.78 bits per heavy atom. The van der Waals surface area contributed by atoms with Crippen LogP contribution in [0.4, 0.5) is 5.69 Å². The molecule has 4 heteroatoms. The first-order valence-electron chi connectivity index (χ1n) is 6.12. The number of hydrogen-bond donors (Lipinski definition) is 1. The van der Waals surface area contributed by atoms with Crippen molar-refractivity contribution in [3.05, 3.63) is 29.3 Å². The average Bonchev–Trinajstić information content (AvgIpc) is 2.28. The Hall–Kier alpha value is -1.84. The Morgan fingerprint density at radius 2 is 2.11 bits per heavy atom. The molecule has 0 fully saturated rings. The second-order valence-electron chi connectivity index (χ2n) is 4.60. The summed E-state index contributed by atoms with van der Waals surface area (Å²) in [4.78, 5) is 22.2. The standard InChI is InChI=1S/C14H17NO3/c1-9(16)15-14-5-3-4-11-6-7-12(8-13(11)14)18-10(2)17/h3-5,12H,6-8H2,1-2H3,(H,15,16). The van der Waals surface area contributed by atoms with Crippen LogP contribution in [-0.4, -0.2) is 18.0 Å². The number of anilines is 1. The van der Waals surface area contributed by atoms with E-state index in [1.165, 1.54) is 19.4 Å². The lowest BCUT2D eigenvalue weighted by atomic mass is 9.88. The van der Waals surface area contributed by atoms with Crippen molar-refractivity contribution in [1.82, 2.24) is 0 Å². The number of aryl methyl sites for hydroxylation is 1. The summed E-state index contributed by atoms with van der Waals surface area (Å²) in [7, 11) is 0. The van der Waals surface area contributed by atoms with Gasteiger partial charge in [0.2, 0.25) is 5.91 Å². The number of esters is 1. The van der Waals surface area contributed by atoms with Gasteiger partial charge >= 0.3 is 5.97 Å². The molecule has 0 saturated carbocycles. The van der Waals surface area contributed by atoms with Crippen LogP contribution in [0.15, 0.2) is 18.2 Å². The highest BCUT2D eigenvalue weighted by atomic mass is 16.5. The number of carbonyl (C=O) groups is 2. The Labute approximate surface area is 106 Å². The lowest BCUT2D eigenvalue weighted by molar-refractivity contribution is -0.146. The fraction of sp³-hybridized carbons (Fsp3) is 0.429. The second-order valence-corrected chi connectivity index (χ2v) is 4.60. The molecule has 1 aromatic carbocycles. The summed E-state index contributed by atoms with van der Waals surface area (Å²) in [5, 5.41) is 2.83. The Kier molecular flexibility index (Phi) is 3.65. The van der Waals surface area contributed by atoms with Crippen LogP contribution in [0.25, 0.3) is 0 Å². The van der Waals surface area contributed by atoms with Crippen molar-refractivity contribution in [2.45, 2.75) is 39.2 Å². The number of amides is 1. The molecule has 1 aromatic rings. The summed E-state index contributed by atoms with van der Waals surface area (Å²) in [5.41, 5.74) is 3.15. The third kappa shape index (κ3) is 2.88. The molecule has 96 valence electrons. The van der Waals surface area contributed by atoms with Gasteiger partial charge in [0.15, 0.2) is 0 Å². The first-order chi connectivity index (χ1) is 8.56. The highest BCUT2D eigenvalue weighted by Crippen LogP contribution is 2.29. The van der Waals surface area contributed by atoms with Crippen LogP contribution in [0.2, 0.25) is 0 Å². The van der Waals surface area contributed by atoms with E-state index < -0.39 is 0 Å². The minimum absolute atomic E-state index is 0.0788. The molecule has 1 amide bonds. The molecular weight excluding hydrogens is 230 g/mol. The summed E-state index contributed by atoms with van der Waals surface area (Å²) >= 11 is 0. The third-order valence-electron chi connectivity index (χ3n) is 3.08. The number of ether oxygens (including phenoxy) is 1. The van der Waals surface area contributed by atoms with Crippen molar-refractivity contribution in [3.8, 4) is 0 Å². The largest absolute Gasteiger partial charge is 0.462 e. The van der Waals surface area contributed by atoms with Gasteiger partial charge in [-0.15, -0.1) is 0 Å². The van der Waals surface area contributed by atoms with Crippen LogP contribution in [0.5, 0.6) is 0 Å². The molecule has 18 heavy (non-hydrogen) atoms. The Balaban J connectivity index is 2.22. The van der Waals surface area contributed by atoms with Gasteiger partial charge in [0.25, 0.3) is 0 Å². The Bertz CT molecular complexity index is 482. The summed E-state index contributed by atoms with van der Waals surface area (Å²) < 4.78 is 5.26. The van der Waals surface area contributed by atoms with Crippen LogP contribution >= 0.6 is 0 Å². The van der Waals surface area contributed by atoms with Crippen molar-refractivity contribution in [2.75, 3.05) is 5.32 Å². The van der Waals surface area contributed by atoms with Crippen molar-refractivity contribution in [3.63, 3.8) is 0 Å². The van der Waals surface area contributed by atoms with Crippen LogP contribution in [0.3, 0.4) is 0 Å². The van der Waals surface area contributed by atoms with E-state index in [1.54, 1.807) is 0 Å². The summed E-state index contributed by atoms with van der Waals surface area (Å²) in [6.45, 7) is 2.92. The zero-order chi connectivity index (χ0) is 13.1. The normalized spacial score (nSPS) is 17.8. The molecule has 1 aliphatic rings. The SMILES string of the molecule is CC(=O)Nc1cccc2c1CC(OC(C)=O)CC2. The van der Waals surface area contributed by atoms with Crippen molar-refractivity contribution >= 4 is 17.6 Å². The molecule has 0 heterocycles. The zero-order valence-electron chi connectivity index (χ0n) is 10.7. The summed E-state index contributed by atoms with van der Waals surface area (Å²) in [5.74, 6) is -0.335. The first-order valence-corrected chi connectivity index (χ1v) is 6.12. The van der Waals surface area contributed by atoms with Crippen molar-refractivity contribution in [2.24, 2.45) is 0 Å². The quantitative estimate of drug-likeness (QED) is 0.814. The van der Waals surface area contributed by atoms with E-state index in [-0.39, 0.29) is 18.0 Å². The van der Waals surface area contributed by atoms with Gasteiger partial charge in [0, 0.05) is 26.0 Å². The maximum atomic E-state index is 11.2. The number of benzene rings is 1. The average molecular weight is 247 g/mol. The highest BCUT2D eigenvalue weighted by Gasteiger charge is 2.23. The van der Waals surface area contributed by atoms with Crippen molar-refractivity contribution < 1.29 is 14.3 Å². The minimum Gasteiger partial charge on any atom is -0.462 e. The van der Waals surface area contributed by atoms with E-state index in [2.05, 4.69) is 11.4 Å². The molecule has 0 aromatic heterocycles. The minimum atomic E-state index is -0.250. The maximum Gasteiger partial charge on any atom is 0.302 e. The molecule has 0 radical (unpaired) electrons. The number of carbonyl (C=O) groups excluding carboxylic acids is 2. The monoisotopic (exact) mass is 247 g/mol. The predicted octanol–water partition coefficient (Wildman–Crippen LogP) is 2.07. The molecule has 1 unspecified atom stereocenters. The van der Waals surface area contributed by atoms with Gasteiger partial charge in [-0.3, -0.25) is 9.59 Å². The van der Waals surface area contributed by atoms with Crippen LogP contribution in [0.1, 0.15) is 31.4 Å². The van der Waals surface area contributed by atoms with Gasteiger partial charge < -0.3 is 10.1 Å². The van der Waals surface area contributed by atoms with Crippen LogP contribution in [0, 0.1) is 0 Å². The smallest absolute Gasteiger partial charge is 0.302 e. The van der Waals surface area contributed by atoms with E-state index in [4.69, 9.17) is 4.74 Å². The first kappa shape index (κ1) is 12.6. The predicted molar refractivity (Wildman–Crippen MR) is 68.3 cm³/mol. The van der Waals surface area contributed by atoms with Crippen LogP contribution in [-0.2, 0) is 27.2 Å². The topological polar surface area (TPSA) is 55.4 Å². The highest BCUT2D eigenvalue weighted by molar-refractivity contribution is 5.89. The fourth-order valence-electron chi connectivity index (χ4n) is 2.40. The van der Waals surface area contributed by atoms with Crippen LogP contribution < -0.4 is 5.32 Å². The van der Waals surface area contributed by atoms with E-state index >= 15 is 0 Å². The second kappa shape index (κ2) is 5.21. The zero-order valence-corrected chi connectivity index (χ0v) is 10.7. The Morgan fingerprint density at radius 1 is 1.33 bits per heavy atom. The summed E-state index contributed by atoms with van der Waals surface area (Å²) in [6, 6.07) is 5.89. The lowest BCUT2D eigenvalue weighted by Crippen LogP contribution is -2.25. The maximum absolute atomic E-state index is 11.2. The number of fused-ring (bicyclic) bond motifs is 1. The molecule has 0 aliphatic heterocycles. The van der Waals surface area contributed by atoms with Gasteiger partial charge in [-0.25, -0.2) is 0 Å². The molecule has 1 N–H and O–H groups in total. The number of nitrogens with one attached hydrogen (secondary N) is 1. The van der Waals surface area contributed by atoms with Gasteiger partial charge in [0.05, 0.1) is 0 Å². The van der Waals surface area contributed by atoms with Gasteiger partial charge in [-0.1, -0.05) is 12.1 Å². The molecule has 1 aliphatic carbocycles. The molecule has 0 saturated heterocycles. The van der Waals surface area contributed by atoms with Gasteiger partial charge in [0.1, 0.15) is 6.10 Å². The van der Waals surface area contributed by atoms with Crippen molar-refractivity contribution in [1.29, 1.82) is 0 Å². The molecule has 0 spiro atoms. The van der Waals surface area contributed by atoms with E-state index in [9.17, 15) is 9.59 Å². The van der Waals surface area contributed by atoms with Gasteiger partial charge in [-0.2, -0.15) is 0 Å². The number of hydrogen-bond acceptors (Lipinski definition) is 3. The van der Waals surface area contributed by atoms with E-state index in [1.807, 2.05) is 12.1 Å². The molecule has 0 bridgehead atoms. The summed E-state index contributed by atoms with van der Waals surface area (Å²) in [6.07, 6.45) is 2.31. The number of rotatable bonds is 2. The van der Waals surface area contributed by atoms with E-state index in [0.717, 1.165) is 24.1 Å². The van der Waals surface area contributed by atoms with Gasteiger partial charge in [-0.05, 0) is 30.0 Å². The third-order valence-corrected chi connectivity index (χ3v) is 3.08.